The second-order valence-corrected chi connectivity index (χ2v) is 10.9. The Kier molecular flexibility index (Phi) is 5.93. The highest BCUT2D eigenvalue weighted by Gasteiger charge is 2.56. The number of aromatic nitrogens is 2. The van der Waals surface area contributed by atoms with Crippen molar-refractivity contribution >= 4 is 17.7 Å². The molecule has 1 fully saturated rings. The molecule has 1 unspecified atom stereocenters. The van der Waals surface area contributed by atoms with Gasteiger partial charge in [-0.1, -0.05) is 30.2 Å². The standard InChI is InChI=1S/C30H27F4N3O2/c1-29-15-17-16-35-37(21-8-6-19(31)7-9-21)26(17)13-18(29)5-10-23-24(29)11-12-25(30(32,33)34)27(23)28(39)36-20-3-2-4-22(38)14-20/h2-4,6-9,11,13-14,16,23,25,27,38H,5,10,12,15H2,1H3,(H,36,39)/t23?,25-,27-,29+/m1/s1. The average molecular weight is 538 g/mol. The molecule has 5 nitrogen and oxygen atoms in total. The third-order valence-corrected chi connectivity index (χ3v) is 8.58. The molecule has 0 radical (unpaired) electrons. The Morgan fingerprint density at radius 1 is 1.18 bits per heavy atom. The van der Waals surface area contributed by atoms with E-state index in [1.165, 1.54) is 30.3 Å². The van der Waals surface area contributed by atoms with E-state index in [-0.39, 0.29) is 23.7 Å². The summed E-state index contributed by atoms with van der Waals surface area (Å²) in [5.74, 6) is -4.75. The predicted molar refractivity (Wildman–Crippen MR) is 139 cm³/mol. The fourth-order valence-electron chi connectivity index (χ4n) is 6.74. The smallest absolute Gasteiger partial charge is 0.392 e. The summed E-state index contributed by atoms with van der Waals surface area (Å²) in [5.41, 5.74) is 4.25. The summed E-state index contributed by atoms with van der Waals surface area (Å²) in [6.07, 6.45) is 2.25. The molecule has 3 aromatic rings. The zero-order valence-electron chi connectivity index (χ0n) is 21.2. The van der Waals surface area contributed by atoms with Crippen molar-refractivity contribution in [2.24, 2.45) is 23.2 Å². The van der Waals surface area contributed by atoms with Crippen LogP contribution in [0.1, 0.15) is 37.4 Å². The Labute approximate surface area is 222 Å². The van der Waals surface area contributed by atoms with Crippen molar-refractivity contribution in [1.82, 2.24) is 9.78 Å². The van der Waals surface area contributed by atoms with Crippen LogP contribution in [0.15, 0.2) is 72.0 Å². The van der Waals surface area contributed by atoms with Crippen molar-refractivity contribution in [3.05, 3.63) is 89.0 Å². The van der Waals surface area contributed by atoms with Crippen LogP contribution in [0.2, 0.25) is 0 Å². The van der Waals surface area contributed by atoms with Gasteiger partial charge in [-0.05, 0) is 79.6 Å². The Hall–Kier alpha value is -3.88. The molecule has 0 bridgehead atoms. The molecule has 0 spiro atoms. The van der Waals surface area contributed by atoms with E-state index in [1.807, 2.05) is 6.92 Å². The zero-order chi connectivity index (χ0) is 27.5. The number of nitrogens with one attached hydrogen (secondary N) is 1. The number of aromatic hydroxyl groups is 1. The summed E-state index contributed by atoms with van der Waals surface area (Å²) in [6, 6.07) is 11.9. The molecule has 1 heterocycles. The van der Waals surface area contributed by atoms with Crippen molar-refractivity contribution in [1.29, 1.82) is 0 Å². The van der Waals surface area contributed by atoms with Crippen molar-refractivity contribution in [2.45, 2.75) is 38.8 Å². The first kappa shape index (κ1) is 25.4. The van der Waals surface area contributed by atoms with E-state index < -0.39 is 35.3 Å². The van der Waals surface area contributed by atoms with E-state index in [0.717, 1.165) is 28.1 Å². The van der Waals surface area contributed by atoms with Gasteiger partial charge in [-0.3, -0.25) is 4.79 Å². The molecule has 3 aliphatic carbocycles. The van der Waals surface area contributed by atoms with Crippen LogP contribution < -0.4 is 5.32 Å². The van der Waals surface area contributed by atoms with Gasteiger partial charge in [0, 0.05) is 17.2 Å². The highest BCUT2D eigenvalue weighted by molar-refractivity contribution is 5.93. The molecule has 39 heavy (non-hydrogen) atoms. The quantitative estimate of drug-likeness (QED) is 0.284. The van der Waals surface area contributed by atoms with Crippen LogP contribution in [0.25, 0.3) is 11.8 Å². The van der Waals surface area contributed by atoms with Crippen LogP contribution in [0.4, 0.5) is 23.2 Å². The number of hydrogen-bond donors (Lipinski definition) is 2. The number of anilines is 1. The number of rotatable bonds is 3. The molecule has 3 aliphatic rings. The SMILES string of the molecule is C[C@]12Cc3cnn(-c4ccc(F)cc4)c3C=C1CCC1C2=CC[C@@H](C(F)(F)F)[C@@H]1C(=O)Nc1cccc(O)c1. The van der Waals surface area contributed by atoms with Gasteiger partial charge in [0.25, 0.3) is 0 Å². The molecular formula is C30H27F4N3O2. The summed E-state index contributed by atoms with van der Waals surface area (Å²) in [5, 5.41) is 16.9. The number of phenols is 1. The minimum atomic E-state index is -4.53. The van der Waals surface area contributed by atoms with Crippen molar-refractivity contribution in [3.8, 4) is 11.4 Å². The summed E-state index contributed by atoms with van der Waals surface area (Å²) in [7, 11) is 0. The van der Waals surface area contributed by atoms with Gasteiger partial charge in [0.05, 0.1) is 29.4 Å². The van der Waals surface area contributed by atoms with E-state index >= 15 is 0 Å². The van der Waals surface area contributed by atoms with Gasteiger partial charge in [-0.25, -0.2) is 9.07 Å². The number of halogens is 4. The maximum atomic E-state index is 14.2. The number of nitrogens with zero attached hydrogens (tertiary/aromatic N) is 2. The highest BCUT2D eigenvalue weighted by atomic mass is 19.4. The molecule has 6 rings (SSSR count). The van der Waals surface area contributed by atoms with Crippen LogP contribution in [0.5, 0.6) is 5.75 Å². The monoisotopic (exact) mass is 537 g/mol. The fourth-order valence-corrected chi connectivity index (χ4v) is 6.74. The first-order chi connectivity index (χ1) is 18.5. The van der Waals surface area contributed by atoms with Gasteiger partial charge in [-0.15, -0.1) is 0 Å². The van der Waals surface area contributed by atoms with Crippen LogP contribution in [-0.2, 0) is 11.2 Å². The van der Waals surface area contributed by atoms with Gasteiger partial charge >= 0.3 is 6.18 Å². The topological polar surface area (TPSA) is 67.2 Å². The van der Waals surface area contributed by atoms with E-state index in [2.05, 4.69) is 16.5 Å². The number of benzene rings is 2. The minimum Gasteiger partial charge on any atom is -0.508 e. The molecule has 2 aromatic carbocycles. The number of fused-ring (bicyclic) bond motifs is 4. The lowest BCUT2D eigenvalue weighted by Gasteiger charge is -2.50. The molecule has 1 aromatic heterocycles. The first-order valence-electron chi connectivity index (χ1n) is 13.0. The van der Waals surface area contributed by atoms with Crippen molar-refractivity contribution < 1.29 is 27.5 Å². The van der Waals surface area contributed by atoms with Gasteiger partial charge in [0.15, 0.2) is 0 Å². The average Bonchev–Trinajstić information content (AvgIpc) is 3.28. The lowest BCUT2D eigenvalue weighted by atomic mass is 9.54. The Bertz CT molecular complexity index is 1510. The number of alkyl halides is 3. The second kappa shape index (κ2) is 9.10. The number of amides is 1. The summed E-state index contributed by atoms with van der Waals surface area (Å²) in [4.78, 5) is 13.5. The van der Waals surface area contributed by atoms with E-state index in [4.69, 9.17) is 0 Å². The third kappa shape index (κ3) is 4.33. The van der Waals surface area contributed by atoms with Gasteiger partial charge in [0.2, 0.25) is 5.91 Å². The Morgan fingerprint density at radius 3 is 2.67 bits per heavy atom. The molecule has 1 amide bonds. The summed E-state index contributed by atoms with van der Waals surface area (Å²) < 4.78 is 57.9. The van der Waals surface area contributed by atoms with Crippen molar-refractivity contribution in [3.63, 3.8) is 0 Å². The van der Waals surface area contributed by atoms with Crippen LogP contribution in [0.3, 0.4) is 0 Å². The van der Waals surface area contributed by atoms with E-state index in [0.29, 0.717) is 19.3 Å². The lowest BCUT2D eigenvalue weighted by Crippen LogP contribution is -2.49. The van der Waals surface area contributed by atoms with Crippen LogP contribution in [-0.4, -0.2) is 27.0 Å². The molecule has 1 saturated carbocycles. The Morgan fingerprint density at radius 2 is 1.95 bits per heavy atom. The number of carbonyl (C=O) groups excluding carboxylic acids is 1. The van der Waals surface area contributed by atoms with E-state index in [9.17, 15) is 27.5 Å². The lowest BCUT2D eigenvalue weighted by molar-refractivity contribution is -0.196. The fraction of sp³-hybridized carbons (Fsp3) is 0.333. The molecule has 2 N–H and O–H groups in total. The molecule has 202 valence electrons. The van der Waals surface area contributed by atoms with Crippen LogP contribution in [0, 0.1) is 29.0 Å². The van der Waals surface area contributed by atoms with E-state index in [1.54, 1.807) is 35.2 Å². The normalized spacial score (nSPS) is 26.0. The first-order valence-corrected chi connectivity index (χ1v) is 13.0. The third-order valence-electron chi connectivity index (χ3n) is 8.58. The molecule has 9 heteroatoms. The summed E-state index contributed by atoms with van der Waals surface area (Å²) >= 11 is 0. The predicted octanol–water partition coefficient (Wildman–Crippen LogP) is 6.84. The molecule has 0 saturated heterocycles. The van der Waals surface area contributed by atoms with Crippen molar-refractivity contribution in [2.75, 3.05) is 5.32 Å². The molecular weight excluding hydrogens is 510 g/mol. The maximum absolute atomic E-state index is 14.2. The molecule has 4 atom stereocenters. The van der Waals surface area contributed by atoms with Crippen LogP contribution >= 0.6 is 0 Å². The number of carbonyl (C=O) groups is 1. The second-order valence-electron chi connectivity index (χ2n) is 10.9. The number of phenolic OH excluding ortho intramolecular Hbond substituents is 1. The largest absolute Gasteiger partial charge is 0.508 e. The van der Waals surface area contributed by atoms with Gasteiger partial charge in [0.1, 0.15) is 11.6 Å². The minimum absolute atomic E-state index is 0.0800. The maximum Gasteiger partial charge on any atom is 0.392 e. The number of hydrogen-bond acceptors (Lipinski definition) is 3. The molecule has 0 aliphatic heterocycles. The highest BCUT2D eigenvalue weighted by Crippen LogP contribution is 2.59. The number of allylic oxidation sites excluding steroid dienone is 3. The zero-order valence-corrected chi connectivity index (χ0v) is 21.2. The summed E-state index contributed by atoms with van der Waals surface area (Å²) in [6.45, 7) is 2.05. The van der Waals surface area contributed by atoms with Gasteiger partial charge in [-0.2, -0.15) is 18.3 Å². The Balaban J connectivity index is 1.35. The van der Waals surface area contributed by atoms with Gasteiger partial charge < -0.3 is 10.4 Å².